The van der Waals surface area contributed by atoms with E-state index in [4.69, 9.17) is 5.11 Å². The molecular formula is C13H12N2O4S. The lowest BCUT2D eigenvalue weighted by atomic mass is 10.1. The lowest BCUT2D eigenvalue weighted by Crippen LogP contribution is -2.09. The van der Waals surface area contributed by atoms with E-state index < -0.39 is 10.9 Å². The molecule has 2 aromatic rings. The number of nitro groups is 1. The van der Waals surface area contributed by atoms with Crippen LogP contribution in [0, 0.1) is 10.1 Å². The van der Waals surface area contributed by atoms with Gasteiger partial charge >= 0.3 is 5.97 Å². The third-order valence-corrected chi connectivity index (χ3v) is 3.65. The van der Waals surface area contributed by atoms with Crippen molar-refractivity contribution in [2.24, 2.45) is 0 Å². The number of carboxylic acids is 1. The number of anilines is 1. The fourth-order valence-corrected chi connectivity index (χ4v) is 2.46. The van der Waals surface area contributed by atoms with E-state index in [1.807, 2.05) is 17.5 Å². The fourth-order valence-electron chi connectivity index (χ4n) is 1.75. The topological polar surface area (TPSA) is 92.5 Å². The van der Waals surface area contributed by atoms with E-state index >= 15 is 0 Å². The number of carbonyl (C=O) groups is 1. The monoisotopic (exact) mass is 292 g/mol. The molecule has 0 saturated heterocycles. The highest BCUT2D eigenvalue weighted by Crippen LogP contribution is 2.22. The van der Waals surface area contributed by atoms with Crippen LogP contribution >= 0.6 is 11.3 Å². The van der Waals surface area contributed by atoms with Crippen LogP contribution in [-0.4, -0.2) is 22.5 Å². The summed E-state index contributed by atoms with van der Waals surface area (Å²) in [6.07, 6.45) is 0.772. The molecule has 7 heteroatoms. The fraction of sp³-hybridized carbons (Fsp3) is 0.154. The normalized spacial score (nSPS) is 10.2. The summed E-state index contributed by atoms with van der Waals surface area (Å²) in [5.41, 5.74) is 0.0660. The highest BCUT2D eigenvalue weighted by atomic mass is 32.1. The van der Waals surface area contributed by atoms with Crippen LogP contribution in [0.4, 0.5) is 11.4 Å². The first-order valence-corrected chi connectivity index (χ1v) is 6.74. The first kappa shape index (κ1) is 14.0. The molecule has 0 radical (unpaired) electrons. The van der Waals surface area contributed by atoms with Crippen molar-refractivity contribution in [2.75, 3.05) is 11.9 Å². The zero-order valence-electron chi connectivity index (χ0n) is 10.4. The van der Waals surface area contributed by atoms with Crippen LogP contribution in [0.25, 0.3) is 0 Å². The van der Waals surface area contributed by atoms with Crippen molar-refractivity contribution in [1.29, 1.82) is 0 Å². The van der Waals surface area contributed by atoms with Gasteiger partial charge in [0.05, 0.1) is 10.5 Å². The quantitative estimate of drug-likeness (QED) is 0.630. The SMILES string of the molecule is O=C(O)c1cc([N+](=O)[O-])ccc1NCCc1cccs1. The zero-order chi connectivity index (χ0) is 14.5. The minimum atomic E-state index is -1.19. The number of hydrogen-bond acceptors (Lipinski definition) is 5. The van der Waals surface area contributed by atoms with Gasteiger partial charge in [-0.3, -0.25) is 10.1 Å². The highest BCUT2D eigenvalue weighted by Gasteiger charge is 2.15. The molecule has 20 heavy (non-hydrogen) atoms. The molecule has 0 atom stereocenters. The van der Waals surface area contributed by atoms with Gasteiger partial charge in [0.25, 0.3) is 5.69 Å². The first-order valence-electron chi connectivity index (χ1n) is 5.86. The summed E-state index contributed by atoms with van der Waals surface area (Å²) in [6, 6.07) is 7.74. The predicted octanol–water partition coefficient (Wildman–Crippen LogP) is 3.01. The largest absolute Gasteiger partial charge is 0.478 e. The Morgan fingerprint density at radius 1 is 1.40 bits per heavy atom. The number of rotatable bonds is 6. The standard InChI is InChI=1S/C13H12N2O4S/c16-13(17)11-8-9(15(18)19)3-4-12(11)14-6-5-10-2-1-7-20-10/h1-4,7-8,14H,5-6H2,(H,16,17). The maximum atomic E-state index is 11.1. The van der Waals surface area contributed by atoms with Crippen molar-refractivity contribution >= 4 is 28.7 Å². The number of aromatic carboxylic acids is 1. The van der Waals surface area contributed by atoms with Gasteiger partial charge in [0.15, 0.2) is 0 Å². The molecule has 104 valence electrons. The molecular weight excluding hydrogens is 280 g/mol. The average molecular weight is 292 g/mol. The number of nitro benzene ring substituents is 1. The van der Waals surface area contributed by atoms with Crippen LogP contribution < -0.4 is 5.32 Å². The summed E-state index contributed by atoms with van der Waals surface area (Å²) in [7, 11) is 0. The van der Waals surface area contributed by atoms with Crippen molar-refractivity contribution in [2.45, 2.75) is 6.42 Å². The Bertz CT molecular complexity index is 625. The Labute approximate surface area is 118 Å². The molecule has 0 spiro atoms. The van der Waals surface area contributed by atoms with E-state index in [9.17, 15) is 14.9 Å². The summed E-state index contributed by atoms with van der Waals surface area (Å²) in [5.74, 6) is -1.19. The van der Waals surface area contributed by atoms with Crippen LogP contribution in [-0.2, 0) is 6.42 Å². The molecule has 2 rings (SSSR count). The van der Waals surface area contributed by atoms with E-state index in [1.54, 1.807) is 11.3 Å². The third-order valence-electron chi connectivity index (χ3n) is 2.71. The second-order valence-corrected chi connectivity index (χ2v) is 5.08. The lowest BCUT2D eigenvalue weighted by Gasteiger charge is -2.08. The maximum Gasteiger partial charge on any atom is 0.338 e. The Balaban J connectivity index is 2.10. The summed E-state index contributed by atoms with van der Waals surface area (Å²) >= 11 is 1.63. The second kappa shape index (κ2) is 6.16. The first-order chi connectivity index (χ1) is 9.58. The van der Waals surface area contributed by atoms with Gasteiger partial charge < -0.3 is 10.4 Å². The molecule has 1 heterocycles. The Kier molecular flexibility index (Phi) is 4.31. The number of nitrogens with zero attached hydrogens (tertiary/aromatic N) is 1. The van der Waals surface area contributed by atoms with Gasteiger partial charge in [0, 0.05) is 29.2 Å². The highest BCUT2D eigenvalue weighted by molar-refractivity contribution is 7.09. The van der Waals surface area contributed by atoms with Crippen LogP contribution in [0.2, 0.25) is 0 Å². The van der Waals surface area contributed by atoms with E-state index in [0.29, 0.717) is 12.2 Å². The number of non-ortho nitro benzene ring substituents is 1. The van der Waals surface area contributed by atoms with E-state index in [0.717, 1.165) is 12.5 Å². The predicted molar refractivity (Wildman–Crippen MR) is 76.6 cm³/mol. The molecule has 0 bridgehead atoms. The molecule has 0 aliphatic carbocycles. The summed E-state index contributed by atoms with van der Waals surface area (Å²) < 4.78 is 0. The molecule has 0 aliphatic rings. The van der Waals surface area contributed by atoms with Gasteiger partial charge in [-0.1, -0.05) is 6.07 Å². The summed E-state index contributed by atoms with van der Waals surface area (Å²) in [6.45, 7) is 0.568. The molecule has 0 fully saturated rings. The van der Waals surface area contributed by atoms with Gasteiger partial charge in [-0.2, -0.15) is 0 Å². The van der Waals surface area contributed by atoms with Crippen LogP contribution in [0.5, 0.6) is 0 Å². The number of thiophene rings is 1. The zero-order valence-corrected chi connectivity index (χ0v) is 11.2. The minimum absolute atomic E-state index is 0.0922. The van der Waals surface area contributed by atoms with Gasteiger partial charge in [-0.15, -0.1) is 11.3 Å². The van der Waals surface area contributed by atoms with Gasteiger partial charge in [0.2, 0.25) is 0 Å². The average Bonchev–Trinajstić information content (AvgIpc) is 2.91. The van der Waals surface area contributed by atoms with E-state index in [-0.39, 0.29) is 11.3 Å². The molecule has 1 aromatic heterocycles. The van der Waals surface area contributed by atoms with Crippen molar-refractivity contribution in [3.05, 3.63) is 56.3 Å². The van der Waals surface area contributed by atoms with Crippen LogP contribution in [0.1, 0.15) is 15.2 Å². The third kappa shape index (κ3) is 3.33. The van der Waals surface area contributed by atoms with Gasteiger partial charge in [-0.25, -0.2) is 4.79 Å². The smallest absolute Gasteiger partial charge is 0.338 e. The molecule has 1 aromatic carbocycles. The van der Waals surface area contributed by atoms with Crippen molar-refractivity contribution in [1.82, 2.24) is 0 Å². The molecule has 6 nitrogen and oxygen atoms in total. The van der Waals surface area contributed by atoms with E-state index in [2.05, 4.69) is 5.32 Å². The Morgan fingerprint density at radius 3 is 2.80 bits per heavy atom. The molecule has 2 N–H and O–H groups in total. The van der Waals surface area contributed by atoms with Crippen molar-refractivity contribution < 1.29 is 14.8 Å². The molecule has 0 unspecified atom stereocenters. The summed E-state index contributed by atoms with van der Waals surface area (Å²) in [4.78, 5) is 22.4. The summed E-state index contributed by atoms with van der Waals surface area (Å²) in [5, 5.41) is 24.7. The number of hydrogen-bond donors (Lipinski definition) is 2. The second-order valence-electron chi connectivity index (χ2n) is 4.05. The van der Waals surface area contributed by atoms with Gasteiger partial charge in [0.1, 0.15) is 0 Å². The molecule has 0 saturated carbocycles. The Morgan fingerprint density at radius 2 is 2.20 bits per heavy atom. The van der Waals surface area contributed by atoms with Crippen LogP contribution in [0.15, 0.2) is 35.7 Å². The minimum Gasteiger partial charge on any atom is -0.478 e. The number of carboxylic acid groups (broad SMARTS) is 1. The van der Waals surface area contributed by atoms with E-state index in [1.165, 1.54) is 17.0 Å². The lowest BCUT2D eigenvalue weighted by molar-refractivity contribution is -0.384. The number of benzene rings is 1. The Hall–Kier alpha value is -2.41. The van der Waals surface area contributed by atoms with Crippen LogP contribution in [0.3, 0.4) is 0 Å². The van der Waals surface area contributed by atoms with Crippen molar-refractivity contribution in [3.63, 3.8) is 0 Å². The maximum absolute atomic E-state index is 11.1. The molecule has 0 amide bonds. The van der Waals surface area contributed by atoms with Crippen molar-refractivity contribution in [3.8, 4) is 0 Å². The van der Waals surface area contributed by atoms with Gasteiger partial charge in [-0.05, 0) is 23.9 Å². The number of nitrogens with one attached hydrogen (secondary N) is 1. The molecule has 0 aliphatic heterocycles.